The molecule has 1 aromatic carbocycles. The number of rotatable bonds is 1. The number of hydrogen-bond acceptors (Lipinski definition) is 3. The average Bonchev–Trinajstić information content (AvgIpc) is 2.54. The number of aromatic hydroxyl groups is 1. The molecule has 2 aliphatic rings. The van der Waals surface area contributed by atoms with Gasteiger partial charge in [0.2, 0.25) is 11.8 Å². The van der Waals surface area contributed by atoms with Crippen LogP contribution in [0.5, 0.6) is 5.75 Å². The fourth-order valence-corrected chi connectivity index (χ4v) is 3.69. The summed E-state index contributed by atoms with van der Waals surface area (Å²) >= 11 is 0. The van der Waals surface area contributed by atoms with Gasteiger partial charge in [-0.05, 0) is 30.4 Å². The standard InChI is InChI=1S/C16H19NO3/c1-15(2)12-7-8-16(15,3)14(20)17(13(12)19)10-5-4-6-11(18)9-10/h4-6,9,12,18H,7-8H2,1-3H3/t12?,16-/m0/s1. The first-order valence-corrected chi connectivity index (χ1v) is 6.96. The molecule has 1 saturated carbocycles. The highest BCUT2D eigenvalue weighted by molar-refractivity contribution is 6.20. The van der Waals surface area contributed by atoms with Crippen molar-refractivity contribution >= 4 is 17.5 Å². The van der Waals surface area contributed by atoms with Gasteiger partial charge in [-0.1, -0.05) is 26.8 Å². The van der Waals surface area contributed by atoms with Crippen LogP contribution in [-0.2, 0) is 9.59 Å². The molecule has 0 radical (unpaired) electrons. The molecule has 4 heteroatoms. The number of anilines is 1. The van der Waals surface area contributed by atoms with Crippen molar-refractivity contribution in [1.29, 1.82) is 0 Å². The van der Waals surface area contributed by atoms with E-state index in [4.69, 9.17) is 0 Å². The molecule has 4 nitrogen and oxygen atoms in total. The molecule has 2 fully saturated rings. The molecule has 1 aromatic rings. The van der Waals surface area contributed by atoms with Crippen LogP contribution < -0.4 is 4.90 Å². The molecule has 1 heterocycles. The Morgan fingerprint density at radius 1 is 1.25 bits per heavy atom. The first-order chi connectivity index (χ1) is 9.29. The average molecular weight is 273 g/mol. The lowest BCUT2D eigenvalue weighted by Gasteiger charge is -2.47. The van der Waals surface area contributed by atoms with Gasteiger partial charge in [-0.15, -0.1) is 0 Å². The Morgan fingerprint density at radius 3 is 2.60 bits per heavy atom. The number of phenolic OH excluding ortho intramolecular Hbond substituents is 1. The maximum Gasteiger partial charge on any atom is 0.240 e. The van der Waals surface area contributed by atoms with Crippen LogP contribution >= 0.6 is 0 Å². The van der Waals surface area contributed by atoms with Gasteiger partial charge in [0.25, 0.3) is 0 Å². The van der Waals surface area contributed by atoms with Gasteiger partial charge in [0.1, 0.15) is 5.75 Å². The van der Waals surface area contributed by atoms with Crippen LogP contribution in [-0.4, -0.2) is 16.9 Å². The van der Waals surface area contributed by atoms with Crippen LogP contribution in [0.4, 0.5) is 5.69 Å². The smallest absolute Gasteiger partial charge is 0.240 e. The number of piperidine rings is 1. The van der Waals surface area contributed by atoms with Crippen LogP contribution in [0, 0.1) is 16.7 Å². The number of nitrogens with zero attached hydrogens (tertiary/aromatic N) is 1. The van der Waals surface area contributed by atoms with Gasteiger partial charge in [0.15, 0.2) is 0 Å². The largest absolute Gasteiger partial charge is 0.508 e. The quantitative estimate of drug-likeness (QED) is 0.800. The zero-order chi connectivity index (χ0) is 14.7. The number of carbonyl (C=O) groups excluding carboxylic acids is 2. The predicted octanol–water partition coefficient (Wildman–Crippen LogP) is 2.71. The van der Waals surface area contributed by atoms with Gasteiger partial charge < -0.3 is 5.11 Å². The maximum atomic E-state index is 12.9. The monoisotopic (exact) mass is 273 g/mol. The van der Waals surface area contributed by atoms with Gasteiger partial charge in [-0.3, -0.25) is 9.59 Å². The van der Waals surface area contributed by atoms with Crippen molar-refractivity contribution < 1.29 is 14.7 Å². The van der Waals surface area contributed by atoms with Crippen molar-refractivity contribution in [3.8, 4) is 5.75 Å². The van der Waals surface area contributed by atoms with Crippen molar-refractivity contribution in [1.82, 2.24) is 0 Å². The number of hydrogen-bond donors (Lipinski definition) is 1. The highest BCUT2D eigenvalue weighted by atomic mass is 16.3. The summed E-state index contributed by atoms with van der Waals surface area (Å²) in [7, 11) is 0. The minimum Gasteiger partial charge on any atom is -0.508 e. The zero-order valence-corrected chi connectivity index (χ0v) is 12.0. The van der Waals surface area contributed by atoms with Gasteiger partial charge >= 0.3 is 0 Å². The number of phenols is 1. The number of fused-ring (bicyclic) bond motifs is 2. The molecular weight excluding hydrogens is 254 g/mol. The van der Waals surface area contributed by atoms with Crippen LogP contribution in [0.2, 0.25) is 0 Å². The Labute approximate surface area is 118 Å². The van der Waals surface area contributed by atoms with Gasteiger partial charge in [-0.2, -0.15) is 0 Å². The Morgan fingerprint density at radius 2 is 1.95 bits per heavy atom. The number of benzene rings is 1. The highest BCUT2D eigenvalue weighted by Gasteiger charge is 2.64. The summed E-state index contributed by atoms with van der Waals surface area (Å²) in [6, 6.07) is 6.34. The third-order valence-electron chi connectivity index (χ3n) is 5.51. The zero-order valence-electron chi connectivity index (χ0n) is 12.0. The summed E-state index contributed by atoms with van der Waals surface area (Å²) in [4.78, 5) is 26.8. The molecule has 1 aliphatic heterocycles. The van der Waals surface area contributed by atoms with Crippen LogP contribution in [0.15, 0.2) is 24.3 Å². The third-order valence-corrected chi connectivity index (χ3v) is 5.51. The lowest BCUT2D eigenvalue weighted by atomic mass is 9.62. The van der Waals surface area contributed by atoms with Crippen molar-refractivity contribution in [2.24, 2.45) is 16.7 Å². The molecule has 3 rings (SSSR count). The molecule has 1 saturated heterocycles. The number of imide groups is 1. The molecular formula is C16H19NO3. The van der Waals surface area contributed by atoms with Gasteiger partial charge in [0, 0.05) is 12.0 Å². The van der Waals surface area contributed by atoms with E-state index in [0.29, 0.717) is 5.69 Å². The van der Waals surface area contributed by atoms with Gasteiger partial charge in [0.05, 0.1) is 11.1 Å². The molecule has 1 aliphatic carbocycles. The van der Waals surface area contributed by atoms with E-state index in [1.165, 1.54) is 17.0 Å². The SMILES string of the molecule is CC1(C)C2CC[C@@]1(C)C(=O)N(c1cccc(O)c1)C2=O. The molecule has 0 spiro atoms. The molecule has 2 amide bonds. The predicted molar refractivity (Wildman–Crippen MR) is 75.2 cm³/mol. The lowest BCUT2D eigenvalue weighted by Crippen LogP contribution is -2.59. The number of carbonyl (C=O) groups is 2. The second-order valence-electron chi connectivity index (χ2n) is 6.64. The van der Waals surface area contributed by atoms with E-state index < -0.39 is 5.41 Å². The minimum absolute atomic E-state index is 0.0606. The van der Waals surface area contributed by atoms with E-state index in [2.05, 4.69) is 0 Å². The fourth-order valence-electron chi connectivity index (χ4n) is 3.69. The number of amides is 2. The Bertz CT molecular complexity index is 607. The molecule has 2 atom stereocenters. The third kappa shape index (κ3) is 1.42. The van der Waals surface area contributed by atoms with E-state index in [-0.39, 0.29) is 28.9 Å². The lowest BCUT2D eigenvalue weighted by molar-refractivity contribution is -0.146. The maximum absolute atomic E-state index is 12.9. The Kier molecular flexibility index (Phi) is 2.53. The first-order valence-electron chi connectivity index (χ1n) is 6.96. The first kappa shape index (κ1) is 13.2. The molecule has 20 heavy (non-hydrogen) atoms. The normalized spacial score (nSPS) is 31.8. The van der Waals surface area contributed by atoms with Crippen LogP contribution in [0.25, 0.3) is 0 Å². The van der Waals surface area contributed by atoms with Gasteiger partial charge in [-0.25, -0.2) is 4.90 Å². The van der Waals surface area contributed by atoms with Crippen molar-refractivity contribution in [3.63, 3.8) is 0 Å². The summed E-state index contributed by atoms with van der Waals surface area (Å²) in [6.45, 7) is 5.98. The van der Waals surface area contributed by atoms with Crippen molar-refractivity contribution in [2.45, 2.75) is 33.6 Å². The molecule has 106 valence electrons. The summed E-state index contributed by atoms with van der Waals surface area (Å²) in [5.74, 6) is -0.356. The summed E-state index contributed by atoms with van der Waals surface area (Å²) < 4.78 is 0. The highest BCUT2D eigenvalue weighted by Crippen LogP contribution is 2.60. The van der Waals surface area contributed by atoms with Crippen molar-refractivity contribution in [2.75, 3.05) is 4.90 Å². The molecule has 0 aromatic heterocycles. The molecule has 2 bridgehead atoms. The van der Waals surface area contributed by atoms with E-state index in [1.54, 1.807) is 12.1 Å². The van der Waals surface area contributed by atoms with E-state index in [1.807, 2.05) is 20.8 Å². The van der Waals surface area contributed by atoms with E-state index in [9.17, 15) is 14.7 Å². The summed E-state index contributed by atoms with van der Waals surface area (Å²) in [6.07, 6.45) is 1.49. The second-order valence-corrected chi connectivity index (χ2v) is 6.64. The Balaban J connectivity index is 2.12. The summed E-state index contributed by atoms with van der Waals surface area (Å²) in [5, 5.41) is 9.58. The summed E-state index contributed by atoms with van der Waals surface area (Å²) in [5.41, 5.74) is -0.362. The Hall–Kier alpha value is -1.84. The van der Waals surface area contributed by atoms with E-state index in [0.717, 1.165) is 12.8 Å². The fraction of sp³-hybridized carbons (Fsp3) is 0.500. The topological polar surface area (TPSA) is 57.6 Å². The second kappa shape index (κ2) is 3.84. The molecule has 1 N–H and O–H groups in total. The van der Waals surface area contributed by atoms with Crippen LogP contribution in [0.3, 0.4) is 0 Å². The van der Waals surface area contributed by atoms with Crippen LogP contribution in [0.1, 0.15) is 33.6 Å². The van der Waals surface area contributed by atoms with Crippen molar-refractivity contribution in [3.05, 3.63) is 24.3 Å². The minimum atomic E-state index is -0.517. The molecule has 1 unspecified atom stereocenters. The van der Waals surface area contributed by atoms with E-state index >= 15 is 0 Å².